The van der Waals surface area contributed by atoms with Gasteiger partial charge in [-0.2, -0.15) is 5.10 Å². The molecule has 0 aliphatic carbocycles. The number of anilines is 1. The van der Waals surface area contributed by atoms with Crippen molar-refractivity contribution in [3.8, 4) is 5.69 Å². The van der Waals surface area contributed by atoms with Crippen molar-refractivity contribution in [2.75, 3.05) is 5.32 Å². The number of nitrogens with zero attached hydrogens (tertiary/aromatic N) is 4. The highest BCUT2D eigenvalue weighted by Crippen LogP contribution is 2.22. The smallest absolute Gasteiger partial charge is 0.269 e. The number of fused-ring (bicyclic) bond motifs is 1. The van der Waals surface area contributed by atoms with Crippen molar-refractivity contribution in [2.24, 2.45) is 0 Å². The zero-order chi connectivity index (χ0) is 20.5. The fourth-order valence-corrected chi connectivity index (χ4v) is 3.16. The van der Waals surface area contributed by atoms with E-state index in [9.17, 15) is 14.9 Å². The Morgan fingerprint density at radius 3 is 2.69 bits per heavy atom. The number of nitro benzene ring substituents is 1. The molecule has 0 unspecified atom stereocenters. The third-order valence-electron chi connectivity index (χ3n) is 4.51. The lowest BCUT2D eigenvalue weighted by Crippen LogP contribution is -2.14. The van der Waals surface area contributed by atoms with E-state index in [1.165, 1.54) is 18.3 Å². The second kappa shape index (κ2) is 7.19. The van der Waals surface area contributed by atoms with Gasteiger partial charge >= 0.3 is 0 Å². The molecule has 4 aromatic rings. The molecule has 0 aliphatic heterocycles. The standard InChI is InChI=1S/C20H17N5O4/c1-3-18-16(11-21-24(18)14-5-7-15(8-6-14)25(27)28)20(26)23-13-4-9-19-17(10-13)22-12(2)29-19/h4-11H,3H2,1-2H3,(H,23,26). The van der Waals surface area contributed by atoms with Crippen LogP contribution in [0.25, 0.3) is 16.8 Å². The van der Waals surface area contributed by atoms with Gasteiger partial charge in [0.2, 0.25) is 0 Å². The van der Waals surface area contributed by atoms with Gasteiger partial charge in [0.1, 0.15) is 5.52 Å². The van der Waals surface area contributed by atoms with E-state index in [1.807, 2.05) is 6.92 Å². The molecule has 0 spiro atoms. The van der Waals surface area contributed by atoms with Crippen molar-refractivity contribution in [1.29, 1.82) is 0 Å². The summed E-state index contributed by atoms with van der Waals surface area (Å²) in [5.74, 6) is 0.260. The molecule has 0 saturated heterocycles. The van der Waals surface area contributed by atoms with Gasteiger partial charge in [-0.1, -0.05) is 6.92 Å². The van der Waals surface area contributed by atoms with Gasteiger partial charge in [0.05, 0.1) is 28.1 Å². The minimum absolute atomic E-state index is 0.00425. The molecule has 0 saturated carbocycles. The van der Waals surface area contributed by atoms with Gasteiger partial charge in [-0.25, -0.2) is 9.67 Å². The zero-order valence-corrected chi connectivity index (χ0v) is 15.7. The molecule has 9 nitrogen and oxygen atoms in total. The lowest BCUT2D eigenvalue weighted by Gasteiger charge is -2.08. The lowest BCUT2D eigenvalue weighted by atomic mass is 10.1. The highest BCUT2D eigenvalue weighted by molar-refractivity contribution is 6.05. The number of amides is 1. The second-order valence-electron chi connectivity index (χ2n) is 6.41. The Morgan fingerprint density at radius 1 is 1.24 bits per heavy atom. The maximum Gasteiger partial charge on any atom is 0.269 e. The van der Waals surface area contributed by atoms with Gasteiger partial charge < -0.3 is 9.73 Å². The Labute approximate surface area is 165 Å². The molecule has 2 aromatic heterocycles. The number of oxazole rings is 1. The molecule has 0 aliphatic rings. The van der Waals surface area contributed by atoms with Gasteiger partial charge in [0.15, 0.2) is 11.5 Å². The van der Waals surface area contributed by atoms with Crippen LogP contribution in [0.1, 0.15) is 28.9 Å². The van der Waals surface area contributed by atoms with Crippen LogP contribution in [-0.4, -0.2) is 25.6 Å². The molecule has 0 bridgehead atoms. The van der Waals surface area contributed by atoms with Gasteiger partial charge in [-0.15, -0.1) is 0 Å². The van der Waals surface area contributed by atoms with Crippen molar-refractivity contribution in [3.63, 3.8) is 0 Å². The molecule has 4 rings (SSSR count). The Balaban J connectivity index is 1.62. The van der Waals surface area contributed by atoms with Crippen LogP contribution in [0.4, 0.5) is 11.4 Å². The van der Waals surface area contributed by atoms with Crippen LogP contribution < -0.4 is 5.32 Å². The molecule has 1 amide bonds. The van der Waals surface area contributed by atoms with E-state index in [2.05, 4.69) is 15.4 Å². The summed E-state index contributed by atoms with van der Waals surface area (Å²) in [5.41, 5.74) is 3.69. The number of benzene rings is 2. The predicted molar refractivity (Wildman–Crippen MR) is 106 cm³/mol. The number of aryl methyl sites for hydroxylation is 1. The van der Waals surface area contributed by atoms with Crippen molar-refractivity contribution in [3.05, 3.63) is 75.9 Å². The largest absolute Gasteiger partial charge is 0.441 e. The number of carbonyl (C=O) groups is 1. The summed E-state index contributed by atoms with van der Waals surface area (Å²) in [6, 6.07) is 11.3. The van der Waals surface area contributed by atoms with Crippen molar-refractivity contribution in [2.45, 2.75) is 20.3 Å². The highest BCUT2D eigenvalue weighted by Gasteiger charge is 2.18. The molecule has 2 aromatic carbocycles. The van der Waals surface area contributed by atoms with Crippen molar-refractivity contribution < 1.29 is 14.1 Å². The Bertz CT molecular complexity index is 1220. The van der Waals surface area contributed by atoms with Gasteiger partial charge in [-0.3, -0.25) is 14.9 Å². The number of carbonyl (C=O) groups excluding carboxylic acids is 1. The summed E-state index contributed by atoms with van der Waals surface area (Å²) >= 11 is 0. The van der Waals surface area contributed by atoms with E-state index in [0.29, 0.717) is 46.0 Å². The van der Waals surface area contributed by atoms with Gasteiger partial charge in [0, 0.05) is 24.7 Å². The minimum Gasteiger partial charge on any atom is -0.441 e. The summed E-state index contributed by atoms with van der Waals surface area (Å²) in [6.45, 7) is 3.68. The maximum absolute atomic E-state index is 12.8. The average Bonchev–Trinajstić information content (AvgIpc) is 3.30. The number of non-ortho nitro benzene ring substituents is 1. The van der Waals surface area contributed by atoms with E-state index < -0.39 is 4.92 Å². The van der Waals surface area contributed by atoms with E-state index in [0.717, 1.165) is 0 Å². The second-order valence-corrected chi connectivity index (χ2v) is 6.41. The van der Waals surface area contributed by atoms with Crippen LogP contribution in [0.5, 0.6) is 0 Å². The van der Waals surface area contributed by atoms with Crippen LogP contribution in [0, 0.1) is 17.0 Å². The number of rotatable bonds is 5. The lowest BCUT2D eigenvalue weighted by molar-refractivity contribution is -0.384. The first-order valence-corrected chi connectivity index (χ1v) is 8.96. The van der Waals surface area contributed by atoms with Crippen LogP contribution in [0.2, 0.25) is 0 Å². The SMILES string of the molecule is CCc1c(C(=O)Nc2ccc3oc(C)nc3c2)cnn1-c1ccc([N+](=O)[O-])cc1. The minimum atomic E-state index is -0.459. The molecule has 2 heterocycles. The van der Waals surface area contributed by atoms with Gasteiger partial charge in [-0.05, 0) is 36.8 Å². The molecule has 0 atom stereocenters. The molecule has 0 fully saturated rings. The van der Waals surface area contributed by atoms with Crippen LogP contribution in [-0.2, 0) is 6.42 Å². The molecular formula is C20H17N5O4. The number of hydrogen-bond acceptors (Lipinski definition) is 6. The monoisotopic (exact) mass is 391 g/mol. The fourth-order valence-electron chi connectivity index (χ4n) is 3.16. The topological polar surface area (TPSA) is 116 Å². The van der Waals surface area contributed by atoms with E-state index >= 15 is 0 Å². The predicted octanol–water partition coefficient (Wildman–Crippen LogP) is 4.04. The van der Waals surface area contributed by atoms with E-state index in [-0.39, 0.29) is 11.6 Å². The number of aromatic nitrogens is 3. The molecule has 29 heavy (non-hydrogen) atoms. The summed E-state index contributed by atoms with van der Waals surface area (Å²) in [5, 5.41) is 18.0. The quantitative estimate of drug-likeness (QED) is 0.405. The average molecular weight is 391 g/mol. The van der Waals surface area contributed by atoms with Crippen molar-refractivity contribution >= 4 is 28.4 Å². The normalized spacial score (nSPS) is 11.0. The fraction of sp³-hybridized carbons (Fsp3) is 0.150. The first-order chi connectivity index (χ1) is 14.0. The summed E-state index contributed by atoms with van der Waals surface area (Å²) in [7, 11) is 0. The summed E-state index contributed by atoms with van der Waals surface area (Å²) in [4.78, 5) is 27.5. The van der Waals surface area contributed by atoms with E-state index in [4.69, 9.17) is 4.42 Å². The third kappa shape index (κ3) is 3.45. The molecule has 1 N–H and O–H groups in total. The first-order valence-electron chi connectivity index (χ1n) is 8.96. The number of nitro groups is 1. The number of nitrogens with one attached hydrogen (secondary N) is 1. The van der Waals surface area contributed by atoms with Crippen molar-refractivity contribution in [1.82, 2.24) is 14.8 Å². The summed E-state index contributed by atoms with van der Waals surface area (Å²) < 4.78 is 7.06. The van der Waals surface area contributed by atoms with Crippen LogP contribution in [0.15, 0.2) is 53.1 Å². The third-order valence-corrected chi connectivity index (χ3v) is 4.51. The molecular weight excluding hydrogens is 374 g/mol. The van der Waals surface area contributed by atoms with E-state index in [1.54, 1.807) is 41.9 Å². The summed E-state index contributed by atoms with van der Waals surface area (Å²) in [6.07, 6.45) is 2.05. The first kappa shape index (κ1) is 18.4. The molecule has 9 heteroatoms. The maximum atomic E-state index is 12.8. The highest BCUT2D eigenvalue weighted by atomic mass is 16.6. The zero-order valence-electron chi connectivity index (χ0n) is 15.7. The van der Waals surface area contributed by atoms with Crippen LogP contribution in [0.3, 0.4) is 0 Å². The number of hydrogen-bond donors (Lipinski definition) is 1. The Morgan fingerprint density at radius 2 is 2.00 bits per heavy atom. The van der Waals surface area contributed by atoms with Gasteiger partial charge in [0.25, 0.3) is 11.6 Å². The van der Waals surface area contributed by atoms with Crippen LogP contribution >= 0.6 is 0 Å². The Kier molecular flexibility index (Phi) is 4.55. The molecule has 146 valence electrons. The Hall–Kier alpha value is -4.01. The molecule has 0 radical (unpaired) electrons.